The third kappa shape index (κ3) is 6.81. The van der Waals surface area contributed by atoms with Crippen LogP contribution in [0.4, 0.5) is 0 Å². The van der Waals surface area contributed by atoms with Gasteiger partial charge < -0.3 is 20.3 Å². The molecule has 2 N–H and O–H groups in total. The SMILES string of the molecule is CN=C(NCCCC(=O)N1Cc2ccccc2C1)NC(C)COC.I. The standard InChI is InChI=1S/C18H28N4O2.HI/c1-14(13-24-3)21-18(19-2)20-10-6-9-17(23)22-11-15-7-4-5-8-16(15)12-22;/h4-5,7-8,14H,6,9-13H2,1-3H3,(H2,19,20,21);1H. The van der Waals surface area contributed by atoms with Crippen LogP contribution >= 0.6 is 24.0 Å². The Bertz CT molecular complexity index is 555. The normalized spacial score (nSPS) is 14.5. The molecule has 0 saturated heterocycles. The maximum Gasteiger partial charge on any atom is 0.223 e. The lowest BCUT2D eigenvalue weighted by Crippen LogP contribution is -2.44. The molecular formula is C18H29IN4O2. The minimum atomic E-state index is 0. The lowest BCUT2D eigenvalue weighted by atomic mass is 10.1. The number of hydrogen-bond acceptors (Lipinski definition) is 3. The van der Waals surface area contributed by atoms with Crippen molar-refractivity contribution in [3.63, 3.8) is 0 Å². The van der Waals surface area contributed by atoms with E-state index in [1.807, 2.05) is 24.0 Å². The second kappa shape index (κ2) is 11.3. The average Bonchev–Trinajstić information content (AvgIpc) is 3.01. The number of amides is 1. The van der Waals surface area contributed by atoms with Gasteiger partial charge in [0.25, 0.3) is 0 Å². The number of aliphatic imine (C=N–C) groups is 1. The van der Waals surface area contributed by atoms with Crippen LogP contribution in [0.1, 0.15) is 30.9 Å². The van der Waals surface area contributed by atoms with Gasteiger partial charge in [-0.05, 0) is 24.5 Å². The molecule has 1 aromatic carbocycles. The van der Waals surface area contributed by atoms with Crippen molar-refractivity contribution in [2.45, 2.75) is 38.9 Å². The van der Waals surface area contributed by atoms with Crippen molar-refractivity contribution in [2.75, 3.05) is 27.3 Å². The van der Waals surface area contributed by atoms with E-state index in [4.69, 9.17) is 4.74 Å². The third-order valence-electron chi connectivity index (χ3n) is 4.08. The molecule has 1 atom stereocenters. The number of benzene rings is 1. The van der Waals surface area contributed by atoms with Crippen molar-refractivity contribution in [1.29, 1.82) is 0 Å². The van der Waals surface area contributed by atoms with E-state index >= 15 is 0 Å². The average molecular weight is 460 g/mol. The van der Waals surface area contributed by atoms with Crippen molar-refractivity contribution in [2.24, 2.45) is 4.99 Å². The Labute approximate surface area is 167 Å². The molecule has 0 bridgehead atoms. The highest BCUT2D eigenvalue weighted by atomic mass is 127. The van der Waals surface area contributed by atoms with Gasteiger partial charge in [0.1, 0.15) is 0 Å². The summed E-state index contributed by atoms with van der Waals surface area (Å²) < 4.78 is 5.09. The molecule has 140 valence electrons. The number of carbonyl (C=O) groups is 1. The van der Waals surface area contributed by atoms with Crippen molar-refractivity contribution < 1.29 is 9.53 Å². The van der Waals surface area contributed by atoms with Crippen LogP contribution in [0.2, 0.25) is 0 Å². The number of fused-ring (bicyclic) bond motifs is 1. The molecule has 1 amide bonds. The molecule has 0 radical (unpaired) electrons. The van der Waals surface area contributed by atoms with Crippen molar-refractivity contribution >= 4 is 35.8 Å². The summed E-state index contributed by atoms with van der Waals surface area (Å²) in [5.74, 6) is 0.948. The van der Waals surface area contributed by atoms with Crippen molar-refractivity contribution in [3.8, 4) is 0 Å². The Morgan fingerprint density at radius 1 is 1.32 bits per heavy atom. The first kappa shape index (κ1) is 21.7. The zero-order valence-corrected chi connectivity index (χ0v) is 17.6. The lowest BCUT2D eigenvalue weighted by Gasteiger charge is -2.18. The number of methoxy groups -OCH3 is 1. The Hall–Kier alpha value is -1.35. The number of nitrogens with one attached hydrogen (secondary N) is 2. The maximum atomic E-state index is 12.3. The number of guanidine groups is 1. The number of carbonyl (C=O) groups excluding carboxylic acids is 1. The summed E-state index contributed by atoms with van der Waals surface area (Å²) in [6.45, 7) is 4.84. The molecule has 7 heteroatoms. The minimum absolute atomic E-state index is 0. The summed E-state index contributed by atoms with van der Waals surface area (Å²) in [5, 5.41) is 6.48. The Morgan fingerprint density at radius 2 is 1.96 bits per heavy atom. The molecule has 0 aromatic heterocycles. The molecule has 1 aromatic rings. The third-order valence-corrected chi connectivity index (χ3v) is 4.08. The Morgan fingerprint density at radius 3 is 2.52 bits per heavy atom. The van der Waals surface area contributed by atoms with E-state index in [0.29, 0.717) is 19.6 Å². The summed E-state index contributed by atoms with van der Waals surface area (Å²) in [5.41, 5.74) is 2.53. The zero-order valence-electron chi connectivity index (χ0n) is 15.2. The largest absolute Gasteiger partial charge is 0.383 e. The lowest BCUT2D eigenvalue weighted by molar-refractivity contribution is -0.131. The number of ether oxygens (including phenoxy) is 1. The van der Waals surface area contributed by atoms with Gasteiger partial charge in [-0.15, -0.1) is 24.0 Å². The van der Waals surface area contributed by atoms with Gasteiger partial charge in [-0.2, -0.15) is 0 Å². The fraction of sp³-hybridized carbons (Fsp3) is 0.556. The molecule has 25 heavy (non-hydrogen) atoms. The molecule has 0 saturated carbocycles. The smallest absolute Gasteiger partial charge is 0.223 e. The molecule has 0 fully saturated rings. The first-order valence-corrected chi connectivity index (χ1v) is 8.44. The van der Waals surface area contributed by atoms with E-state index in [2.05, 4.69) is 27.8 Å². The van der Waals surface area contributed by atoms with E-state index in [0.717, 1.165) is 25.5 Å². The second-order valence-electron chi connectivity index (χ2n) is 6.12. The van der Waals surface area contributed by atoms with Crippen LogP contribution in [0.25, 0.3) is 0 Å². The predicted molar refractivity (Wildman–Crippen MR) is 111 cm³/mol. The van der Waals surface area contributed by atoms with Gasteiger partial charge in [0.15, 0.2) is 5.96 Å². The molecule has 1 unspecified atom stereocenters. The molecule has 1 aliphatic rings. The van der Waals surface area contributed by atoms with E-state index in [1.165, 1.54) is 11.1 Å². The van der Waals surface area contributed by atoms with E-state index in [1.54, 1.807) is 14.2 Å². The summed E-state index contributed by atoms with van der Waals surface area (Å²) in [7, 11) is 3.41. The fourth-order valence-electron chi connectivity index (χ4n) is 2.83. The molecule has 1 heterocycles. The van der Waals surface area contributed by atoms with Gasteiger partial charge in [0.05, 0.1) is 6.61 Å². The Balaban J connectivity index is 0.00000312. The van der Waals surface area contributed by atoms with Gasteiger partial charge in [-0.1, -0.05) is 24.3 Å². The van der Waals surface area contributed by atoms with Crippen LogP contribution in [-0.4, -0.2) is 50.1 Å². The van der Waals surface area contributed by atoms with Crippen LogP contribution in [0.3, 0.4) is 0 Å². The summed E-state index contributed by atoms with van der Waals surface area (Å²) in [6, 6.07) is 8.44. The van der Waals surface area contributed by atoms with E-state index in [9.17, 15) is 4.79 Å². The quantitative estimate of drug-likeness (QED) is 0.283. The van der Waals surface area contributed by atoms with Crippen LogP contribution in [0.5, 0.6) is 0 Å². The first-order valence-electron chi connectivity index (χ1n) is 8.44. The highest BCUT2D eigenvalue weighted by Gasteiger charge is 2.22. The number of halogens is 1. The minimum Gasteiger partial charge on any atom is -0.383 e. The van der Waals surface area contributed by atoms with Crippen LogP contribution in [0.15, 0.2) is 29.3 Å². The van der Waals surface area contributed by atoms with Gasteiger partial charge in [-0.3, -0.25) is 9.79 Å². The molecule has 2 rings (SSSR count). The van der Waals surface area contributed by atoms with E-state index < -0.39 is 0 Å². The highest BCUT2D eigenvalue weighted by Crippen LogP contribution is 2.22. The zero-order chi connectivity index (χ0) is 17.4. The van der Waals surface area contributed by atoms with Gasteiger partial charge in [0, 0.05) is 46.3 Å². The Kier molecular flexibility index (Phi) is 9.81. The fourth-order valence-corrected chi connectivity index (χ4v) is 2.83. The van der Waals surface area contributed by atoms with E-state index in [-0.39, 0.29) is 35.9 Å². The highest BCUT2D eigenvalue weighted by molar-refractivity contribution is 14.0. The number of hydrogen-bond donors (Lipinski definition) is 2. The summed E-state index contributed by atoms with van der Waals surface area (Å²) in [4.78, 5) is 18.4. The topological polar surface area (TPSA) is 66.0 Å². The monoisotopic (exact) mass is 460 g/mol. The molecule has 0 spiro atoms. The summed E-state index contributed by atoms with van der Waals surface area (Å²) in [6.07, 6.45) is 1.33. The molecule has 0 aliphatic carbocycles. The first-order chi connectivity index (χ1) is 11.6. The van der Waals surface area contributed by atoms with Crippen LogP contribution < -0.4 is 10.6 Å². The van der Waals surface area contributed by atoms with Crippen molar-refractivity contribution in [1.82, 2.24) is 15.5 Å². The molecule has 1 aliphatic heterocycles. The second-order valence-corrected chi connectivity index (χ2v) is 6.12. The van der Waals surface area contributed by atoms with Crippen LogP contribution in [0, 0.1) is 0 Å². The maximum absolute atomic E-state index is 12.3. The van der Waals surface area contributed by atoms with Crippen LogP contribution in [-0.2, 0) is 22.6 Å². The van der Waals surface area contributed by atoms with Gasteiger partial charge >= 0.3 is 0 Å². The molecule has 6 nitrogen and oxygen atoms in total. The molecular weight excluding hydrogens is 431 g/mol. The summed E-state index contributed by atoms with van der Waals surface area (Å²) >= 11 is 0. The number of rotatable bonds is 7. The van der Waals surface area contributed by atoms with Gasteiger partial charge in [-0.25, -0.2) is 0 Å². The van der Waals surface area contributed by atoms with Crippen molar-refractivity contribution in [3.05, 3.63) is 35.4 Å². The number of nitrogens with zero attached hydrogens (tertiary/aromatic N) is 2. The predicted octanol–water partition coefficient (Wildman–Crippen LogP) is 2.13. The van der Waals surface area contributed by atoms with Gasteiger partial charge in [0.2, 0.25) is 5.91 Å².